The number of carbonyl (C=O) groups is 2. The monoisotopic (exact) mass is 274 g/mol. The number of para-hydroxylation sites is 1. The maximum atomic E-state index is 11.7. The van der Waals surface area contributed by atoms with Gasteiger partial charge in [-0.1, -0.05) is 18.2 Å². The van der Waals surface area contributed by atoms with Gasteiger partial charge in [0.2, 0.25) is 0 Å². The highest BCUT2D eigenvalue weighted by molar-refractivity contribution is 5.93. The lowest BCUT2D eigenvalue weighted by atomic mass is 10.3. The van der Waals surface area contributed by atoms with Crippen LogP contribution in [0.1, 0.15) is 17.4 Å². The van der Waals surface area contributed by atoms with E-state index in [2.05, 4.69) is 20.7 Å². The van der Waals surface area contributed by atoms with Crippen molar-refractivity contribution < 1.29 is 14.3 Å². The Kier molecular flexibility index (Phi) is 4.33. The molecule has 0 aliphatic rings. The molecule has 104 valence electrons. The summed E-state index contributed by atoms with van der Waals surface area (Å²) in [5.74, 6) is -0.521. The minimum absolute atomic E-state index is 0.186. The first-order chi connectivity index (χ1) is 9.70. The summed E-state index contributed by atoms with van der Waals surface area (Å²) in [5.41, 5.74) is 5.35. The second kappa shape index (κ2) is 6.37. The number of hydrogen-bond donors (Lipinski definition) is 2. The molecule has 20 heavy (non-hydrogen) atoms. The van der Waals surface area contributed by atoms with Crippen molar-refractivity contribution in [3.63, 3.8) is 0 Å². The van der Waals surface area contributed by atoms with Crippen molar-refractivity contribution >= 4 is 12.0 Å². The highest BCUT2D eigenvalue weighted by atomic mass is 16.5. The fourth-order valence-electron chi connectivity index (χ4n) is 1.51. The summed E-state index contributed by atoms with van der Waals surface area (Å²) in [6.45, 7) is 1.90. The van der Waals surface area contributed by atoms with Crippen LogP contribution in [0.4, 0.5) is 4.79 Å². The number of nitrogens with zero attached hydrogens (tertiary/aromatic N) is 2. The van der Waals surface area contributed by atoms with E-state index in [9.17, 15) is 9.59 Å². The predicted molar refractivity (Wildman–Crippen MR) is 71.2 cm³/mol. The molecule has 0 fully saturated rings. The Labute approximate surface area is 115 Å². The van der Waals surface area contributed by atoms with Gasteiger partial charge in [0.05, 0.1) is 12.3 Å². The number of benzene rings is 1. The number of ether oxygens (including phenoxy) is 1. The van der Waals surface area contributed by atoms with Crippen LogP contribution in [-0.2, 0) is 4.74 Å². The molecule has 0 radical (unpaired) electrons. The first-order valence-corrected chi connectivity index (χ1v) is 6.05. The molecule has 2 amide bonds. The smallest absolute Gasteiger partial charge is 0.426 e. The lowest BCUT2D eigenvalue weighted by molar-refractivity contribution is 0.0907. The Morgan fingerprint density at radius 2 is 1.95 bits per heavy atom. The Hall–Kier alpha value is -2.83. The van der Waals surface area contributed by atoms with Crippen LogP contribution in [0.25, 0.3) is 5.69 Å². The first kappa shape index (κ1) is 13.6. The van der Waals surface area contributed by atoms with Crippen molar-refractivity contribution in [3.05, 3.63) is 48.3 Å². The number of nitrogens with one attached hydrogen (secondary N) is 2. The molecule has 0 bridgehead atoms. The number of carbonyl (C=O) groups excluding carboxylic acids is 2. The molecule has 1 aromatic carbocycles. The summed E-state index contributed by atoms with van der Waals surface area (Å²) in [4.78, 5) is 22.8. The van der Waals surface area contributed by atoms with Crippen LogP contribution in [0.15, 0.2) is 42.6 Å². The Morgan fingerprint density at radius 1 is 1.20 bits per heavy atom. The van der Waals surface area contributed by atoms with Crippen LogP contribution in [0.2, 0.25) is 0 Å². The van der Waals surface area contributed by atoms with Gasteiger partial charge in [0.1, 0.15) is 0 Å². The van der Waals surface area contributed by atoms with E-state index in [4.69, 9.17) is 0 Å². The third-order valence-corrected chi connectivity index (χ3v) is 2.40. The third kappa shape index (κ3) is 3.35. The van der Waals surface area contributed by atoms with Gasteiger partial charge in [-0.15, -0.1) is 0 Å². The van der Waals surface area contributed by atoms with Gasteiger partial charge in [0.25, 0.3) is 5.91 Å². The normalized spacial score (nSPS) is 9.85. The highest BCUT2D eigenvalue weighted by Gasteiger charge is 2.11. The Balaban J connectivity index is 1.98. The third-order valence-electron chi connectivity index (χ3n) is 2.40. The number of amides is 2. The lowest BCUT2D eigenvalue weighted by Crippen LogP contribution is -2.42. The number of aromatic nitrogens is 2. The van der Waals surface area contributed by atoms with E-state index in [1.807, 2.05) is 30.3 Å². The average Bonchev–Trinajstić information content (AvgIpc) is 2.96. The van der Waals surface area contributed by atoms with Gasteiger partial charge in [0.15, 0.2) is 5.69 Å². The van der Waals surface area contributed by atoms with Crippen LogP contribution in [-0.4, -0.2) is 28.4 Å². The van der Waals surface area contributed by atoms with E-state index in [-0.39, 0.29) is 12.3 Å². The molecule has 1 aromatic heterocycles. The van der Waals surface area contributed by atoms with Crippen molar-refractivity contribution in [2.45, 2.75) is 6.92 Å². The Bertz CT molecular complexity index is 595. The fraction of sp³-hybridized carbons (Fsp3) is 0.154. The summed E-state index contributed by atoms with van der Waals surface area (Å²) in [6.07, 6.45) is 0.942. The van der Waals surface area contributed by atoms with Crippen molar-refractivity contribution in [2.75, 3.05) is 6.61 Å². The van der Waals surface area contributed by atoms with Gasteiger partial charge in [-0.3, -0.25) is 10.2 Å². The van der Waals surface area contributed by atoms with E-state index in [1.54, 1.807) is 23.9 Å². The molecule has 0 aliphatic heterocycles. The van der Waals surface area contributed by atoms with Crippen molar-refractivity contribution in [1.82, 2.24) is 20.6 Å². The van der Waals surface area contributed by atoms with E-state index >= 15 is 0 Å². The summed E-state index contributed by atoms with van der Waals surface area (Å²) in [7, 11) is 0. The molecular weight excluding hydrogens is 260 g/mol. The molecule has 0 saturated carbocycles. The van der Waals surface area contributed by atoms with Gasteiger partial charge in [-0.25, -0.2) is 14.9 Å². The maximum Gasteiger partial charge on any atom is 0.426 e. The summed E-state index contributed by atoms with van der Waals surface area (Å²) >= 11 is 0. The predicted octanol–water partition coefficient (Wildman–Crippen LogP) is 1.26. The van der Waals surface area contributed by atoms with Crippen LogP contribution in [0.5, 0.6) is 0 Å². The van der Waals surface area contributed by atoms with Crippen molar-refractivity contribution in [1.29, 1.82) is 0 Å². The maximum absolute atomic E-state index is 11.7. The number of hydrazine groups is 1. The number of rotatable bonds is 3. The molecule has 2 N–H and O–H groups in total. The largest absolute Gasteiger partial charge is 0.449 e. The lowest BCUT2D eigenvalue weighted by Gasteiger charge is -2.05. The van der Waals surface area contributed by atoms with Gasteiger partial charge >= 0.3 is 6.09 Å². The van der Waals surface area contributed by atoms with E-state index in [1.165, 1.54) is 0 Å². The van der Waals surface area contributed by atoms with E-state index in [0.717, 1.165) is 5.69 Å². The van der Waals surface area contributed by atoms with Gasteiger partial charge in [-0.05, 0) is 25.1 Å². The van der Waals surface area contributed by atoms with E-state index < -0.39 is 12.0 Å². The highest BCUT2D eigenvalue weighted by Crippen LogP contribution is 2.06. The summed E-state index contributed by atoms with van der Waals surface area (Å²) < 4.78 is 6.18. The first-order valence-electron chi connectivity index (χ1n) is 6.05. The molecule has 7 heteroatoms. The molecule has 7 nitrogen and oxygen atoms in total. The van der Waals surface area contributed by atoms with Crippen LogP contribution >= 0.6 is 0 Å². The molecular formula is C13H14N4O3. The fourth-order valence-corrected chi connectivity index (χ4v) is 1.51. The van der Waals surface area contributed by atoms with Gasteiger partial charge in [0, 0.05) is 6.20 Å². The van der Waals surface area contributed by atoms with Crippen LogP contribution in [0, 0.1) is 0 Å². The molecule has 0 spiro atoms. The second-order valence-electron chi connectivity index (χ2n) is 3.78. The zero-order valence-electron chi connectivity index (χ0n) is 10.9. The topological polar surface area (TPSA) is 85.3 Å². The van der Waals surface area contributed by atoms with Crippen molar-refractivity contribution in [3.8, 4) is 5.69 Å². The standard InChI is InChI=1S/C13H14N4O3/c1-2-20-13(19)15-14-12(18)11-8-9-17(16-11)10-6-4-3-5-7-10/h3-9H,2H2,1H3,(H,14,18)(H,15,19). The second-order valence-corrected chi connectivity index (χ2v) is 3.78. The molecule has 2 aromatic rings. The number of hydrogen-bond acceptors (Lipinski definition) is 4. The summed E-state index contributed by atoms with van der Waals surface area (Å²) in [5, 5.41) is 4.12. The minimum Gasteiger partial charge on any atom is -0.449 e. The van der Waals surface area contributed by atoms with Crippen molar-refractivity contribution in [2.24, 2.45) is 0 Å². The minimum atomic E-state index is -0.719. The van der Waals surface area contributed by atoms with Crippen LogP contribution in [0.3, 0.4) is 0 Å². The van der Waals surface area contributed by atoms with Gasteiger partial charge < -0.3 is 4.74 Å². The molecule has 0 atom stereocenters. The molecule has 1 heterocycles. The molecule has 0 saturated heterocycles. The van der Waals surface area contributed by atoms with Gasteiger partial charge in [-0.2, -0.15) is 5.10 Å². The molecule has 0 aliphatic carbocycles. The quantitative estimate of drug-likeness (QED) is 0.825. The Morgan fingerprint density at radius 3 is 2.65 bits per heavy atom. The SMILES string of the molecule is CCOC(=O)NNC(=O)c1ccn(-c2ccccc2)n1. The zero-order valence-corrected chi connectivity index (χ0v) is 10.9. The molecule has 0 unspecified atom stereocenters. The molecule has 2 rings (SSSR count). The van der Waals surface area contributed by atoms with Crippen LogP contribution < -0.4 is 10.9 Å². The summed E-state index contributed by atoms with van der Waals surface area (Å²) in [6, 6.07) is 10.9. The van der Waals surface area contributed by atoms with E-state index in [0.29, 0.717) is 0 Å². The average molecular weight is 274 g/mol. The zero-order chi connectivity index (χ0) is 14.4.